The Morgan fingerprint density at radius 2 is 2.04 bits per heavy atom. The molecule has 1 aliphatic rings. The molecule has 0 unspecified atom stereocenters. The first-order chi connectivity index (χ1) is 12.1. The van der Waals surface area contributed by atoms with Gasteiger partial charge in [-0.25, -0.2) is 4.98 Å². The van der Waals surface area contributed by atoms with Gasteiger partial charge in [-0.1, -0.05) is 35.5 Å². The molecule has 4 rings (SSSR count). The molecule has 6 heteroatoms. The summed E-state index contributed by atoms with van der Waals surface area (Å²) < 4.78 is 2.23. The summed E-state index contributed by atoms with van der Waals surface area (Å²) in [6.07, 6.45) is 2.48. The molecule has 0 spiro atoms. The zero-order valence-corrected chi connectivity index (χ0v) is 16.3. The fourth-order valence-corrected chi connectivity index (χ4v) is 4.36. The summed E-state index contributed by atoms with van der Waals surface area (Å²) in [4.78, 5) is 4.64. The number of hydrogen-bond acceptors (Lipinski definition) is 4. The molecular formula is C19H21ClN4S. The smallest absolute Gasteiger partial charge is 0.191 e. The third kappa shape index (κ3) is 3.15. The van der Waals surface area contributed by atoms with Crippen molar-refractivity contribution in [1.29, 1.82) is 0 Å². The first kappa shape index (κ1) is 16.9. The first-order valence-electron chi connectivity index (χ1n) is 8.69. The van der Waals surface area contributed by atoms with Gasteiger partial charge in [-0.3, -0.25) is 0 Å². The van der Waals surface area contributed by atoms with E-state index in [0.717, 1.165) is 39.7 Å². The standard InChI is InChI=1S/C19H21ClN4S/c1-4-24-18(13-7-8-13)22-23-19(24)25-10-15-9-14-6-5-11(2)12(3)16(14)21-17(15)20/h5-6,9,13H,4,7-8,10H2,1-3H3. The maximum absolute atomic E-state index is 6.47. The summed E-state index contributed by atoms with van der Waals surface area (Å²) in [5, 5.41) is 11.5. The fraction of sp³-hybridized carbons (Fsp3) is 0.421. The zero-order valence-electron chi connectivity index (χ0n) is 14.7. The van der Waals surface area contributed by atoms with Crippen LogP contribution in [0.15, 0.2) is 23.4 Å². The number of pyridine rings is 1. The number of thioether (sulfide) groups is 1. The van der Waals surface area contributed by atoms with Crippen molar-refractivity contribution in [2.45, 2.75) is 57.0 Å². The summed E-state index contributed by atoms with van der Waals surface area (Å²) in [5.74, 6) is 2.50. The van der Waals surface area contributed by atoms with E-state index in [1.165, 1.54) is 24.0 Å². The lowest BCUT2D eigenvalue weighted by molar-refractivity contribution is 0.643. The minimum absolute atomic E-state index is 0.582. The molecule has 130 valence electrons. The quantitative estimate of drug-likeness (QED) is 0.451. The second-order valence-electron chi connectivity index (χ2n) is 6.67. The number of hydrogen-bond donors (Lipinski definition) is 0. The zero-order chi connectivity index (χ0) is 17.6. The number of aromatic nitrogens is 4. The second-order valence-corrected chi connectivity index (χ2v) is 7.97. The molecule has 2 heterocycles. The molecule has 0 N–H and O–H groups in total. The fourth-order valence-electron chi connectivity index (χ4n) is 3.10. The van der Waals surface area contributed by atoms with E-state index in [-0.39, 0.29) is 0 Å². The van der Waals surface area contributed by atoms with Crippen LogP contribution < -0.4 is 0 Å². The van der Waals surface area contributed by atoms with E-state index in [9.17, 15) is 0 Å². The van der Waals surface area contributed by atoms with E-state index in [2.05, 4.69) is 58.7 Å². The highest BCUT2D eigenvalue weighted by Gasteiger charge is 2.30. The highest BCUT2D eigenvalue weighted by atomic mass is 35.5. The Balaban J connectivity index is 1.61. The Hall–Kier alpha value is -1.59. The number of rotatable bonds is 5. The molecule has 1 fully saturated rings. The first-order valence-corrected chi connectivity index (χ1v) is 10.1. The average molecular weight is 373 g/mol. The van der Waals surface area contributed by atoms with Crippen molar-refractivity contribution in [3.8, 4) is 0 Å². The van der Waals surface area contributed by atoms with Crippen molar-refractivity contribution >= 4 is 34.3 Å². The maximum Gasteiger partial charge on any atom is 0.191 e. The lowest BCUT2D eigenvalue weighted by Gasteiger charge is -2.10. The molecule has 2 aromatic heterocycles. The lowest BCUT2D eigenvalue weighted by Crippen LogP contribution is -2.02. The van der Waals surface area contributed by atoms with Crippen LogP contribution in [0.2, 0.25) is 5.15 Å². The van der Waals surface area contributed by atoms with Crippen molar-refractivity contribution in [3.63, 3.8) is 0 Å². The summed E-state index contributed by atoms with van der Waals surface area (Å²) in [6, 6.07) is 6.41. The van der Waals surface area contributed by atoms with Crippen LogP contribution in [-0.2, 0) is 12.3 Å². The van der Waals surface area contributed by atoms with Crippen LogP contribution in [0.5, 0.6) is 0 Å². The van der Waals surface area contributed by atoms with Crippen LogP contribution in [0, 0.1) is 13.8 Å². The van der Waals surface area contributed by atoms with Gasteiger partial charge in [0.15, 0.2) is 5.16 Å². The van der Waals surface area contributed by atoms with Gasteiger partial charge in [0.1, 0.15) is 11.0 Å². The van der Waals surface area contributed by atoms with Crippen LogP contribution in [-0.4, -0.2) is 19.7 Å². The number of aryl methyl sites for hydroxylation is 2. The Bertz CT molecular complexity index is 946. The lowest BCUT2D eigenvalue weighted by atomic mass is 10.0. The molecule has 0 aliphatic heterocycles. The van der Waals surface area contributed by atoms with E-state index >= 15 is 0 Å². The molecule has 0 bridgehead atoms. The number of nitrogens with zero attached hydrogens (tertiary/aromatic N) is 4. The van der Waals surface area contributed by atoms with Crippen molar-refractivity contribution in [1.82, 2.24) is 19.7 Å². The van der Waals surface area contributed by atoms with Crippen LogP contribution in [0.3, 0.4) is 0 Å². The number of halogens is 1. The predicted molar refractivity (Wildman–Crippen MR) is 103 cm³/mol. The molecule has 0 saturated heterocycles. The molecule has 1 saturated carbocycles. The summed E-state index contributed by atoms with van der Waals surface area (Å²) in [5.41, 5.74) is 4.47. The Kier molecular flexibility index (Phi) is 4.46. The summed E-state index contributed by atoms with van der Waals surface area (Å²) in [7, 11) is 0. The third-order valence-corrected chi connectivity index (χ3v) is 6.24. The van der Waals surface area contributed by atoms with Gasteiger partial charge in [0.05, 0.1) is 5.52 Å². The predicted octanol–water partition coefficient (Wildman–Crippen LogP) is 5.29. The Morgan fingerprint density at radius 1 is 1.24 bits per heavy atom. The Labute approximate surface area is 157 Å². The molecule has 1 aliphatic carbocycles. The van der Waals surface area contributed by atoms with Crippen LogP contribution in [0.4, 0.5) is 0 Å². The largest absolute Gasteiger partial charge is 0.306 e. The topological polar surface area (TPSA) is 43.6 Å². The van der Waals surface area contributed by atoms with Gasteiger partial charge >= 0.3 is 0 Å². The minimum atomic E-state index is 0.582. The SMILES string of the molecule is CCn1c(SCc2cc3ccc(C)c(C)c3nc2Cl)nnc1C1CC1. The van der Waals surface area contributed by atoms with Crippen LogP contribution >= 0.6 is 23.4 Å². The van der Waals surface area contributed by atoms with Crippen LogP contribution in [0.25, 0.3) is 10.9 Å². The van der Waals surface area contributed by atoms with Gasteiger partial charge in [-0.15, -0.1) is 10.2 Å². The average Bonchev–Trinajstić information content (AvgIpc) is 3.37. The van der Waals surface area contributed by atoms with E-state index in [1.54, 1.807) is 11.8 Å². The molecule has 0 radical (unpaired) electrons. The van der Waals surface area contributed by atoms with Crippen molar-refractivity contribution in [3.05, 3.63) is 45.9 Å². The monoisotopic (exact) mass is 372 g/mol. The van der Waals surface area contributed by atoms with Gasteiger partial charge in [0, 0.05) is 29.2 Å². The third-order valence-electron chi connectivity index (χ3n) is 4.90. The number of fused-ring (bicyclic) bond motifs is 1. The van der Waals surface area contributed by atoms with Crippen molar-refractivity contribution < 1.29 is 0 Å². The van der Waals surface area contributed by atoms with Gasteiger partial charge < -0.3 is 4.57 Å². The molecule has 0 amide bonds. The second kappa shape index (κ2) is 6.61. The van der Waals surface area contributed by atoms with Crippen LogP contribution in [0.1, 0.15) is 48.2 Å². The van der Waals surface area contributed by atoms with E-state index < -0.39 is 0 Å². The Morgan fingerprint density at radius 3 is 2.76 bits per heavy atom. The van der Waals surface area contributed by atoms with Gasteiger partial charge in [0.2, 0.25) is 0 Å². The van der Waals surface area contributed by atoms with E-state index in [0.29, 0.717) is 11.1 Å². The molecule has 3 aromatic rings. The van der Waals surface area contributed by atoms with Gasteiger partial charge in [-0.05, 0) is 50.8 Å². The normalized spacial score (nSPS) is 14.4. The van der Waals surface area contributed by atoms with E-state index in [1.807, 2.05) is 0 Å². The van der Waals surface area contributed by atoms with E-state index in [4.69, 9.17) is 11.6 Å². The molecule has 4 nitrogen and oxygen atoms in total. The summed E-state index contributed by atoms with van der Waals surface area (Å²) in [6.45, 7) is 7.25. The highest BCUT2D eigenvalue weighted by Crippen LogP contribution is 2.40. The highest BCUT2D eigenvalue weighted by molar-refractivity contribution is 7.98. The molecular weight excluding hydrogens is 352 g/mol. The molecule has 1 aromatic carbocycles. The molecule has 0 atom stereocenters. The minimum Gasteiger partial charge on any atom is -0.306 e. The summed E-state index contributed by atoms with van der Waals surface area (Å²) >= 11 is 8.15. The van der Waals surface area contributed by atoms with Crippen molar-refractivity contribution in [2.24, 2.45) is 0 Å². The number of benzene rings is 1. The van der Waals surface area contributed by atoms with Crippen molar-refractivity contribution in [2.75, 3.05) is 0 Å². The van der Waals surface area contributed by atoms with Gasteiger partial charge in [-0.2, -0.15) is 0 Å². The van der Waals surface area contributed by atoms with Gasteiger partial charge in [0.25, 0.3) is 0 Å². The maximum atomic E-state index is 6.47. The molecule has 25 heavy (non-hydrogen) atoms.